The summed E-state index contributed by atoms with van der Waals surface area (Å²) in [6.07, 6.45) is 3.44. The van der Waals surface area contributed by atoms with Crippen LogP contribution in [0, 0.1) is 0 Å². The smallest absolute Gasteiger partial charge is 0.408 e. The number of carbonyl (C=O) groups excluding carboxylic acids is 2. The van der Waals surface area contributed by atoms with Gasteiger partial charge in [-0.3, -0.25) is 4.79 Å². The molecule has 0 heterocycles. The van der Waals surface area contributed by atoms with E-state index in [1.54, 1.807) is 26.8 Å². The van der Waals surface area contributed by atoms with Crippen LogP contribution in [0.3, 0.4) is 0 Å². The molecule has 1 N–H and O–H groups in total. The lowest BCUT2D eigenvalue weighted by molar-refractivity contribution is -0.146. The molecule has 0 aliphatic heterocycles. The van der Waals surface area contributed by atoms with Crippen LogP contribution in [0.4, 0.5) is 4.79 Å². The minimum atomic E-state index is -0.538. The molecular weight excluding hydrogens is 222 g/mol. The Morgan fingerprint density at radius 3 is 2.53 bits per heavy atom. The van der Waals surface area contributed by atoms with Crippen molar-refractivity contribution in [2.75, 3.05) is 0 Å². The van der Waals surface area contributed by atoms with Crippen LogP contribution >= 0.6 is 0 Å². The number of alkyl carbamates (subject to hydrolysis) is 1. The number of ether oxygens (including phenoxy) is 2. The summed E-state index contributed by atoms with van der Waals surface area (Å²) in [4.78, 5) is 22.4. The standard InChI is InChI=1S/C12H19NO4/c1-8(14)16-10-7-5-6-9(10)13-11(15)17-12(2,3)4/h5-6,9-10H,7H2,1-4H3,(H,13,15)/t9-,10-/m0/s1. The largest absolute Gasteiger partial charge is 0.460 e. The van der Waals surface area contributed by atoms with E-state index in [1.165, 1.54) is 6.92 Å². The molecule has 1 amide bonds. The monoisotopic (exact) mass is 241 g/mol. The van der Waals surface area contributed by atoms with Crippen LogP contribution in [0.25, 0.3) is 0 Å². The van der Waals surface area contributed by atoms with Crippen molar-refractivity contribution < 1.29 is 19.1 Å². The minimum Gasteiger partial charge on any atom is -0.460 e. The van der Waals surface area contributed by atoms with Gasteiger partial charge in [-0.2, -0.15) is 0 Å². The summed E-state index contributed by atoms with van der Waals surface area (Å²) in [5.41, 5.74) is -0.538. The normalized spacial score (nSPS) is 23.3. The number of amides is 1. The lowest BCUT2D eigenvalue weighted by Gasteiger charge is -2.24. The third-order valence-electron chi connectivity index (χ3n) is 2.11. The molecule has 0 radical (unpaired) electrons. The Labute approximate surface area is 101 Å². The molecule has 5 nitrogen and oxygen atoms in total. The molecule has 0 fully saturated rings. The van der Waals surface area contributed by atoms with Crippen molar-refractivity contribution in [3.8, 4) is 0 Å². The van der Waals surface area contributed by atoms with Gasteiger partial charge in [-0.15, -0.1) is 0 Å². The summed E-state index contributed by atoms with van der Waals surface area (Å²) in [7, 11) is 0. The highest BCUT2D eigenvalue weighted by molar-refractivity contribution is 5.69. The van der Waals surface area contributed by atoms with E-state index in [4.69, 9.17) is 9.47 Å². The Balaban J connectivity index is 2.47. The van der Waals surface area contributed by atoms with Crippen molar-refractivity contribution in [3.63, 3.8) is 0 Å². The van der Waals surface area contributed by atoms with Crippen LogP contribution in [0.1, 0.15) is 34.1 Å². The maximum absolute atomic E-state index is 11.5. The van der Waals surface area contributed by atoms with Crippen LogP contribution in [0.5, 0.6) is 0 Å². The predicted octanol–water partition coefficient (Wildman–Crippen LogP) is 1.77. The summed E-state index contributed by atoms with van der Waals surface area (Å²) in [5.74, 6) is -0.352. The Morgan fingerprint density at radius 2 is 2.00 bits per heavy atom. The third-order valence-corrected chi connectivity index (χ3v) is 2.11. The second-order valence-electron chi connectivity index (χ2n) is 4.98. The van der Waals surface area contributed by atoms with Gasteiger partial charge in [0.15, 0.2) is 0 Å². The molecule has 17 heavy (non-hydrogen) atoms. The summed E-state index contributed by atoms with van der Waals surface area (Å²) < 4.78 is 10.2. The SMILES string of the molecule is CC(=O)O[C@H]1CC=C[C@@H]1NC(=O)OC(C)(C)C. The van der Waals surface area contributed by atoms with E-state index in [2.05, 4.69) is 5.32 Å². The van der Waals surface area contributed by atoms with E-state index < -0.39 is 11.7 Å². The van der Waals surface area contributed by atoms with Gasteiger partial charge in [-0.1, -0.05) is 12.2 Å². The zero-order chi connectivity index (χ0) is 13.1. The Morgan fingerprint density at radius 1 is 1.35 bits per heavy atom. The number of hydrogen-bond acceptors (Lipinski definition) is 4. The van der Waals surface area contributed by atoms with E-state index in [9.17, 15) is 9.59 Å². The Bertz CT molecular complexity index is 330. The minimum absolute atomic E-state index is 0.311. The quantitative estimate of drug-likeness (QED) is 0.591. The lowest BCUT2D eigenvalue weighted by Crippen LogP contribution is -2.43. The topological polar surface area (TPSA) is 64.6 Å². The van der Waals surface area contributed by atoms with Crippen molar-refractivity contribution >= 4 is 12.1 Å². The first-order chi connectivity index (χ1) is 7.78. The highest BCUT2D eigenvalue weighted by atomic mass is 16.6. The molecule has 96 valence electrons. The van der Waals surface area contributed by atoms with Gasteiger partial charge in [0.1, 0.15) is 11.7 Å². The third kappa shape index (κ3) is 4.89. The van der Waals surface area contributed by atoms with Crippen molar-refractivity contribution in [2.24, 2.45) is 0 Å². The fourth-order valence-electron chi connectivity index (χ4n) is 1.55. The van der Waals surface area contributed by atoms with E-state index in [0.29, 0.717) is 6.42 Å². The van der Waals surface area contributed by atoms with Crippen LogP contribution in [-0.4, -0.2) is 29.8 Å². The summed E-state index contributed by atoms with van der Waals surface area (Å²) in [6, 6.07) is -0.311. The molecular formula is C12H19NO4. The van der Waals surface area contributed by atoms with Crippen LogP contribution in [-0.2, 0) is 14.3 Å². The molecule has 0 unspecified atom stereocenters. The van der Waals surface area contributed by atoms with Gasteiger partial charge >= 0.3 is 12.1 Å². The van der Waals surface area contributed by atoms with Gasteiger partial charge in [-0.25, -0.2) is 4.79 Å². The molecule has 2 atom stereocenters. The van der Waals surface area contributed by atoms with E-state index in [0.717, 1.165) is 0 Å². The average Bonchev–Trinajstić information content (AvgIpc) is 2.47. The number of esters is 1. The number of hydrogen-bond donors (Lipinski definition) is 1. The molecule has 1 aliphatic rings. The first-order valence-electron chi connectivity index (χ1n) is 5.61. The van der Waals surface area contributed by atoms with Gasteiger partial charge in [0.2, 0.25) is 0 Å². The van der Waals surface area contributed by atoms with E-state index >= 15 is 0 Å². The second kappa shape index (κ2) is 5.21. The Hall–Kier alpha value is -1.52. The van der Waals surface area contributed by atoms with Gasteiger partial charge < -0.3 is 14.8 Å². The first-order valence-corrected chi connectivity index (χ1v) is 5.61. The molecule has 0 aromatic carbocycles. The maximum atomic E-state index is 11.5. The summed E-state index contributed by atoms with van der Waals surface area (Å²) in [5, 5.41) is 2.67. The first kappa shape index (κ1) is 13.5. The molecule has 1 rings (SSSR count). The van der Waals surface area contributed by atoms with Crippen LogP contribution in [0.2, 0.25) is 0 Å². The summed E-state index contributed by atoms with van der Waals surface area (Å²) >= 11 is 0. The van der Waals surface area contributed by atoms with E-state index in [-0.39, 0.29) is 18.1 Å². The van der Waals surface area contributed by atoms with Crippen LogP contribution < -0.4 is 5.32 Å². The van der Waals surface area contributed by atoms with Gasteiger partial charge in [0, 0.05) is 13.3 Å². The number of nitrogens with one attached hydrogen (secondary N) is 1. The van der Waals surface area contributed by atoms with Crippen molar-refractivity contribution in [1.82, 2.24) is 5.32 Å². The van der Waals surface area contributed by atoms with Gasteiger partial charge in [0.05, 0.1) is 6.04 Å². The molecule has 0 bridgehead atoms. The molecule has 0 saturated heterocycles. The highest BCUT2D eigenvalue weighted by Crippen LogP contribution is 2.16. The number of rotatable bonds is 2. The zero-order valence-electron chi connectivity index (χ0n) is 10.6. The molecule has 1 aliphatic carbocycles. The second-order valence-corrected chi connectivity index (χ2v) is 4.98. The van der Waals surface area contributed by atoms with Crippen molar-refractivity contribution in [2.45, 2.75) is 51.9 Å². The molecule has 0 saturated carbocycles. The number of carbonyl (C=O) groups is 2. The van der Waals surface area contributed by atoms with E-state index in [1.807, 2.05) is 6.08 Å². The van der Waals surface area contributed by atoms with Crippen molar-refractivity contribution in [1.29, 1.82) is 0 Å². The maximum Gasteiger partial charge on any atom is 0.408 e. The molecule has 0 spiro atoms. The lowest BCUT2D eigenvalue weighted by atomic mass is 10.2. The van der Waals surface area contributed by atoms with Gasteiger partial charge in [-0.05, 0) is 20.8 Å². The zero-order valence-corrected chi connectivity index (χ0v) is 10.6. The fourth-order valence-corrected chi connectivity index (χ4v) is 1.55. The molecule has 5 heteroatoms. The molecule has 0 aromatic rings. The predicted molar refractivity (Wildman–Crippen MR) is 62.5 cm³/mol. The van der Waals surface area contributed by atoms with Gasteiger partial charge in [0.25, 0.3) is 0 Å². The molecule has 0 aromatic heterocycles. The highest BCUT2D eigenvalue weighted by Gasteiger charge is 2.28. The fraction of sp³-hybridized carbons (Fsp3) is 0.667. The van der Waals surface area contributed by atoms with Crippen LogP contribution in [0.15, 0.2) is 12.2 Å². The van der Waals surface area contributed by atoms with Crippen molar-refractivity contribution in [3.05, 3.63) is 12.2 Å². The summed E-state index contributed by atoms with van der Waals surface area (Å²) in [6.45, 7) is 6.73. The Kier molecular flexibility index (Phi) is 4.15. The average molecular weight is 241 g/mol.